The molecule has 4 N–H and O–H groups in total. The summed E-state index contributed by atoms with van der Waals surface area (Å²) in [7, 11) is 0. The van der Waals surface area contributed by atoms with E-state index in [1.165, 1.54) is 5.69 Å². The fourth-order valence-electron chi connectivity index (χ4n) is 3.36. The predicted octanol–water partition coefficient (Wildman–Crippen LogP) is 1.79. The van der Waals surface area contributed by atoms with E-state index in [0.29, 0.717) is 12.1 Å². The molecule has 2 unspecified atom stereocenters. The van der Waals surface area contributed by atoms with Gasteiger partial charge in [0.2, 0.25) is 5.95 Å². The van der Waals surface area contributed by atoms with E-state index in [9.17, 15) is 0 Å². The van der Waals surface area contributed by atoms with Crippen molar-refractivity contribution >= 4 is 22.7 Å². The molecule has 1 aliphatic heterocycles. The molecule has 1 aliphatic rings. The van der Waals surface area contributed by atoms with Gasteiger partial charge in [-0.1, -0.05) is 0 Å². The molecule has 3 aromatic rings. The number of H-pyrrole nitrogens is 1. The zero-order valence-electron chi connectivity index (χ0n) is 13.8. The fourth-order valence-corrected chi connectivity index (χ4v) is 3.36. The molecule has 0 spiro atoms. The molecule has 7 heteroatoms. The van der Waals surface area contributed by atoms with Gasteiger partial charge in [0.05, 0.1) is 16.8 Å². The molecule has 0 aromatic carbocycles. The molecule has 0 amide bonds. The standard InChI is InChI=1S/C17H21N7/c1-10-9-24(11(2)7-21-10)14-4-6-19-16-15(14)12(8-22-16)13-3-5-20-17(18)23-13/h3-6,8,10-11,21H,7,9H2,1-2H3,(H,19,22)(H2,18,20,23). The van der Waals surface area contributed by atoms with Gasteiger partial charge < -0.3 is 20.9 Å². The van der Waals surface area contributed by atoms with E-state index in [0.717, 1.165) is 35.4 Å². The van der Waals surface area contributed by atoms with Crippen molar-refractivity contribution in [3.63, 3.8) is 0 Å². The lowest BCUT2D eigenvalue weighted by atomic mass is 10.1. The molecule has 1 saturated heterocycles. The Morgan fingerprint density at radius 2 is 2.04 bits per heavy atom. The summed E-state index contributed by atoms with van der Waals surface area (Å²) in [6.07, 6.45) is 5.48. The highest BCUT2D eigenvalue weighted by molar-refractivity contribution is 6.02. The van der Waals surface area contributed by atoms with Crippen LogP contribution in [-0.4, -0.2) is 45.1 Å². The Hall–Kier alpha value is -2.67. The van der Waals surface area contributed by atoms with Crippen molar-refractivity contribution in [2.75, 3.05) is 23.7 Å². The van der Waals surface area contributed by atoms with E-state index >= 15 is 0 Å². The first-order valence-corrected chi connectivity index (χ1v) is 8.18. The monoisotopic (exact) mass is 323 g/mol. The number of nitrogen functional groups attached to an aromatic ring is 1. The maximum Gasteiger partial charge on any atom is 0.220 e. The summed E-state index contributed by atoms with van der Waals surface area (Å²) in [6.45, 7) is 6.36. The smallest absolute Gasteiger partial charge is 0.220 e. The van der Waals surface area contributed by atoms with Gasteiger partial charge in [0.1, 0.15) is 5.65 Å². The second-order valence-electron chi connectivity index (χ2n) is 6.37. The van der Waals surface area contributed by atoms with Gasteiger partial charge in [0.25, 0.3) is 0 Å². The predicted molar refractivity (Wildman–Crippen MR) is 95.8 cm³/mol. The molecular weight excluding hydrogens is 302 g/mol. The molecule has 4 rings (SSSR count). The zero-order valence-corrected chi connectivity index (χ0v) is 13.8. The van der Waals surface area contributed by atoms with Crippen LogP contribution in [0, 0.1) is 0 Å². The number of hydrogen-bond acceptors (Lipinski definition) is 6. The summed E-state index contributed by atoms with van der Waals surface area (Å²) < 4.78 is 0. The van der Waals surface area contributed by atoms with Gasteiger partial charge in [-0.15, -0.1) is 0 Å². The minimum absolute atomic E-state index is 0.274. The molecule has 1 fully saturated rings. The normalized spacial score (nSPS) is 21.3. The Morgan fingerprint density at radius 1 is 1.21 bits per heavy atom. The van der Waals surface area contributed by atoms with Crippen LogP contribution in [0.5, 0.6) is 0 Å². The summed E-state index contributed by atoms with van der Waals surface area (Å²) in [5.74, 6) is 0.274. The van der Waals surface area contributed by atoms with Gasteiger partial charge in [-0.2, -0.15) is 0 Å². The number of piperazine rings is 1. The second-order valence-corrected chi connectivity index (χ2v) is 6.37. The van der Waals surface area contributed by atoms with Crippen molar-refractivity contribution < 1.29 is 0 Å². The van der Waals surface area contributed by atoms with E-state index in [2.05, 4.69) is 50.1 Å². The van der Waals surface area contributed by atoms with Gasteiger partial charge >= 0.3 is 0 Å². The number of aromatic amines is 1. The minimum atomic E-state index is 0.274. The van der Waals surface area contributed by atoms with E-state index in [1.807, 2.05) is 18.5 Å². The number of aromatic nitrogens is 4. The average Bonchev–Trinajstić information content (AvgIpc) is 3.01. The molecule has 2 atom stereocenters. The number of rotatable bonds is 2. The van der Waals surface area contributed by atoms with Crippen LogP contribution >= 0.6 is 0 Å². The lowest BCUT2D eigenvalue weighted by Gasteiger charge is -2.39. The topological polar surface area (TPSA) is 95.8 Å². The quantitative estimate of drug-likeness (QED) is 0.665. The third kappa shape index (κ3) is 2.46. The van der Waals surface area contributed by atoms with Gasteiger partial charge in [0, 0.05) is 49.3 Å². The molecule has 0 bridgehead atoms. The summed E-state index contributed by atoms with van der Waals surface area (Å²) >= 11 is 0. The average molecular weight is 323 g/mol. The van der Waals surface area contributed by atoms with Crippen LogP contribution in [0.3, 0.4) is 0 Å². The highest BCUT2D eigenvalue weighted by Crippen LogP contribution is 2.35. The molecule has 0 radical (unpaired) electrons. The van der Waals surface area contributed by atoms with Crippen LogP contribution in [0.4, 0.5) is 11.6 Å². The molecule has 3 aromatic heterocycles. The van der Waals surface area contributed by atoms with Crippen molar-refractivity contribution in [1.29, 1.82) is 0 Å². The van der Waals surface area contributed by atoms with Crippen molar-refractivity contribution in [1.82, 2.24) is 25.3 Å². The van der Waals surface area contributed by atoms with Crippen LogP contribution in [0.15, 0.2) is 30.7 Å². The number of anilines is 2. The van der Waals surface area contributed by atoms with Crippen LogP contribution in [0.25, 0.3) is 22.3 Å². The van der Waals surface area contributed by atoms with E-state index in [-0.39, 0.29) is 5.95 Å². The van der Waals surface area contributed by atoms with Gasteiger partial charge in [-0.25, -0.2) is 15.0 Å². The van der Waals surface area contributed by atoms with Crippen molar-refractivity contribution in [3.8, 4) is 11.3 Å². The molecule has 4 heterocycles. The summed E-state index contributed by atoms with van der Waals surface area (Å²) in [5.41, 5.74) is 9.60. The van der Waals surface area contributed by atoms with Crippen LogP contribution < -0.4 is 16.0 Å². The molecular formula is C17H21N7. The Labute approximate surface area is 140 Å². The third-order valence-electron chi connectivity index (χ3n) is 4.58. The Kier molecular flexibility index (Phi) is 3.57. The Morgan fingerprint density at radius 3 is 2.88 bits per heavy atom. The SMILES string of the molecule is CC1CN(c2ccnc3[nH]cc(-c4ccnc(N)n4)c23)C(C)CN1. The maximum absolute atomic E-state index is 5.76. The largest absolute Gasteiger partial charge is 0.368 e. The summed E-state index contributed by atoms with van der Waals surface area (Å²) in [4.78, 5) is 18.5. The first kappa shape index (κ1) is 14.9. The third-order valence-corrected chi connectivity index (χ3v) is 4.58. The number of pyridine rings is 1. The lowest BCUT2D eigenvalue weighted by molar-refractivity contribution is 0.426. The van der Waals surface area contributed by atoms with Crippen molar-refractivity contribution in [3.05, 3.63) is 30.7 Å². The van der Waals surface area contributed by atoms with Crippen molar-refractivity contribution in [2.24, 2.45) is 0 Å². The molecule has 0 saturated carbocycles. The van der Waals surface area contributed by atoms with Gasteiger partial charge in [-0.05, 0) is 26.0 Å². The van der Waals surface area contributed by atoms with E-state index < -0.39 is 0 Å². The Bertz CT molecular complexity index is 872. The molecule has 0 aliphatic carbocycles. The van der Waals surface area contributed by atoms with Gasteiger partial charge in [-0.3, -0.25) is 0 Å². The molecule has 7 nitrogen and oxygen atoms in total. The number of fused-ring (bicyclic) bond motifs is 1. The zero-order chi connectivity index (χ0) is 16.7. The number of nitrogens with two attached hydrogens (primary N) is 1. The molecule has 124 valence electrons. The lowest BCUT2D eigenvalue weighted by Crippen LogP contribution is -2.54. The first-order valence-electron chi connectivity index (χ1n) is 8.18. The highest BCUT2D eigenvalue weighted by atomic mass is 15.2. The highest BCUT2D eigenvalue weighted by Gasteiger charge is 2.25. The summed E-state index contributed by atoms with van der Waals surface area (Å²) in [5, 5.41) is 4.61. The van der Waals surface area contributed by atoms with Crippen molar-refractivity contribution in [2.45, 2.75) is 25.9 Å². The van der Waals surface area contributed by atoms with Crippen LogP contribution in [-0.2, 0) is 0 Å². The molecule has 24 heavy (non-hydrogen) atoms. The van der Waals surface area contributed by atoms with E-state index in [1.54, 1.807) is 6.20 Å². The minimum Gasteiger partial charge on any atom is -0.368 e. The number of hydrogen-bond donors (Lipinski definition) is 3. The fraction of sp³-hybridized carbons (Fsp3) is 0.353. The van der Waals surface area contributed by atoms with Gasteiger partial charge in [0.15, 0.2) is 0 Å². The first-order chi connectivity index (χ1) is 11.6. The second kappa shape index (κ2) is 5.76. The maximum atomic E-state index is 5.76. The van der Waals surface area contributed by atoms with Crippen LogP contribution in [0.1, 0.15) is 13.8 Å². The number of nitrogens with zero attached hydrogens (tertiary/aromatic N) is 4. The van der Waals surface area contributed by atoms with E-state index in [4.69, 9.17) is 5.73 Å². The summed E-state index contributed by atoms with van der Waals surface area (Å²) in [6, 6.07) is 4.81. The Balaban J connectivity index is 1.89. The number of nitrogens with one attached hydrogen (secondary N) is 2. The van der Waals surface area contributed by atoms with Crippen LogP contribution in [0.2, 0.25) is 0 Å².